The summed E-state index contributed by atoms with van der Waals surface area (Å²) in [5.74, 6) is 0. The maximum Gasteiger partial charge on any atom is 0.331 e. The van der Waals surface area contributed by atoms with Gasteiger partial charge in [0.05, 0.1) is 13.2 Å². The van der Waals surface area contributed by atoms with Gasteiger partial charge in [0, 0.05) is 32.0 Å². The first-order valence-electron chi connectivity index (χ1n) is 5.78. The van der Waals surface area contributed by atoms with Gasteiger partial charge in [-0.05, 0) is 6.42 Å². The van der Waals surface area contributed by atoms with Crippen LogP contribution in [0.3, 0.4) is 0 Å². The number of hydrogen-bond donors (Lipinski definition) is 1. The number of aromatic nitrogens is 2. The minimum absolute atomic E-state index is 0.244. The van der Waals surface area contributed by atoms with Gasteiger partial charge in [0.1, 0.15) is 0 Å². The molecule has 0 aromatic carbocycles. The van der Waals surface area contributed by atoms with Crippen LogP contribution >= 0.6 is 0 Å². The first-order valence-corrected chi connectivity index (χ1v) is 5.78. The fraction of sp³-hybridized carbons (Fsp3) is 0.636. The average Bonchev–Trinajstić information content (AvgIpc) is 2.32. The topological polar surface area (TPSA) is 79.2 Å². The van der Waals surface area contributed by atoms with Gasteiger partial charge in [0.25, 0.3) is 5.56 Å². The third kappa shape index (κ3) is 3.83. The summed E-state index contributed by atoms with van der Waals surface area (Å²) in [5, 5.41) is 0. The lowest BCUT2D eigenvalue weighted by Crippen LogP contribution is -2.41. The van der Waals surface area contributed by atoms with Crippen molar-refractivity contribution in [2.75, 3.05) is 19.8 Å². The highest BCUT2D eigenvalue weighted by Gasteiger charge is 2.03. The van der Waals surface area contributed by atoms with Crippen molar-refractivity contribution in [1.29, 1.82) is 0 Å². The first kappa shape index (κ1) is 13.7. The van der Waals surface area contributed by atoms with Crippen LogP contribution in [0, 0.1) is 0 Å². The third-order valence-corrected chi connectivity index (χ3v) is 2.32. The molecule has 0 atom stereocenters. The molecule has 1 aromatic heterocycles. The lowest BCUT2D eigenvalue weighted by molar-refractivity contribution is 0.125. The Morgan fingerprint density at radius 1 is 1.29 bits per heavy atom. The van der Waals surface area contributed by atoms with E-state index in [0.717, 1.165) is 11.0 Å². The summed E-state index contributed by atoms with van der Waals surface area (Å²) in [4.78, 5) is 23.3. The number of nitrogens with two attached hydrogens (primary N) is 1. The standard InChI is InChI=1S/C11H19N3O3/c1-2-8-17-9-7-13-5-3-10(15)14(6-4-12)11(13)16/h3,5H,2,4,6-9,12H2,1H3. The zero-order valence-corrected chi connectivity index (χ0v) is 10.1. The van der Waals surface area contributed by atoms with E-state index < -0.39 is 0 Å². The van der Waals surface area contributed by atoms with E-state index in [1.165, 1.54) is 16.8 Å². The normalized spacial score (nSPS) is 10.7. The summed E-state index contributed by atoms with van der Waals surface area (Å²) in [6.07, 6.45) is 2.44. The Hall–Kier alpha value is -1.40. The van der Waals surface area contributed by atoms with Gasteiger partial charge < -0.3 is 10.5 Å². The predicted octanol–water partition coefficient (Wildman–Crippen LogP) is -0.605. The second kappa shape index (κ2) is 7.03. The molecular weight excluding hydrogens is 222 g/mol. The number of nitrogens with zero attached hydrogens (tertiary/aromatic N) is 2. The molecule has 0 amide bonds. The Labute approximate surface area is 99.6 Å². The van der Waals surface area contributed by atoms with Crippen molar-refractivity contribution in [1.82, 2.24) is 9.13 Å². The molecule has 1 heterocycles. The highest BCUT2D eigenvalue weighted by molar-refractivity contribution is 4.86. The van der Waals surface area contributed by atoms with Crippen LogP contribution in [0.2, 0.25) is 0 Å². The minimum atomic E-state index is -0.331. The minimum Gasteiger partial charge on any atom is -0.380 e. The van der Waals surface area contributed by atoms with E-state index in [0.29, 0.717) is 19.8 Å². The molecule has 0 radical (unpaired) electrons. The van der Waals surface area contributed by atoms with Crippen molar-refractivity contribution >= 4 is 0 Å². The van der Waals surface area contributed by atoms with Gasteiger partial charge in [-0.3, -0.25) is 13.9 Å². The summed E-state index contributed by atoms with van der Waals surface area (Å²) in [7, 11) is 0. The smallest absolute Gasteiger partial charge is 0.331 e. The molecule has 0 unspecified atom stereocenters. The van der Waals surface area contributed by atoms with Crippen molar-refractivity contribution in [3.8, 4) is 0 Å². The molecule has 0 saturated carbocycles. The number of rotatable bonds is 7. The highest BCUT2D eigenvalue weighted by Crippen LogP contribution is 1.84. The van der Waals surface area contributed by atoms with Crippen LogP contribution in [0.25, 0.3) is 0 Å². The Balaban J connectivity index is 2.76. The molecule has 6 heteroatoms. The Kier molecular flexibility index (Phi) is 5.65. The Bertz CT molecular complexity index is 450. The van der Waals surface area contributed by atoms with Crippen LogP contribution < -0.4 is 17.0 Å². The van der Waals surface area contributed by atoms with Crippen LogP contribution in [0.1, 0.15) is 13.3 Å². The Morgan fingerprint density at radius 3 is 2.71 bits per heavy atom. The van der Waals surface area contributed by atoms with Crippen LogP contribution in [0.15, 0.2) is 21.9 Å². The monoisotopic (exact) mass is 241 g/mol. The van der Waals surface area contributed by atoms with E-state index >= 15 is 0 Å². The van der Waals surface area contributed by atoms with Crippen LogP contribution in [0.4, 0.5) is 0 Å². The van der Waals surface area contributed by atoms with E-state index in [1.54, 1.807) is 0 Å². The zero-order chi connectivity index (χ0) is 12.7. The van der Waals surface area contributed by atoms with Gasteiger partial charge in [0.2, 0.25) is 0 Å². The van der Waals surface area contributed by atoms with E-state index in [1.807, 2.05) is 6.92 Å². The van der Waals surface area contributed by atoms with Crippen LogP contribution in [-0.4, -0.2) is 28.9 Å². The largest absolute Gasteiger partial charge is 0.380 e. The molecule has 0 fully saturated rings. The molecule has 6 nitrogen and oxygen atoms in total. The van der Waals surface area contributed by atoms with Gasteiger partial charge in [-0.1, -0.05) is 6.92 Å². The molecule has 1 rings (SSSR count). The molecule has 0 bridgehead atoms. The van der Waals surface area contributed by atoms with Gasteiger partial charge in [-0.25, -0.2) is 4.79 Å². The quantitative estimate of drug-likeness (QED) is 0.646. The van der Waals surface area contributed by atoms with Gasteiger partial charge in [-0.15, -0.1) is 0 Å². The summed E-state index contributed by atoms with van der Waals surface area (Å²) < 4.78 is 7.90. The Morgan fingerprint density at radius 2 is 2.06 bits per heavy atom. The maximum absolute atomic E-state index is 11.9. The van der Waals surface area contributed by atoms with Crippen molar-refractivity contribution in [2.24, 2.45) is 5.73 Å². The SMILES string of the molecule is CCCOCCn1ccc(=O)n(CCN)c1=O. The molecule has 0 spiro atoms. The molecule has 0 aliphatic carbocycles. The lowest BCUT2D eigenvalue weighted by atomic mass is 10.5. The van der Waals surface area contributed by atoms with E-state index in [-0.39, 0.29) is 24.3 Å². The van der Waals surface area contributed by atoms with E-state index in [9.17, 15) is 9.59 Å². The molecule has 0 saturated heterocycles. The van der Waals surface area contributed by atoms with Crippen molar-refractivity contribution < 1.29 is 4.74 Å². The van der Waals surface area contributed by atoms with E-state index in [4.69, 9.17) is 10.5 Å². The molecule has 0 aliphatic heterocycles. The average molecular weight is 241 g/mol. The van der Waals surface area contributed by atoms with Crippen molar-refractivity contribution in [2.45, 2.75) is 26.4 Å². The van der Waals surface area contributed by atoms with Gasteiger partial charge in [0.15, 0.2) is 0 Å². The molecule has 17 heavy (non-hydrogen) atoms. The summed E-state index contributed by atoms with van der Waals surface area (Å²) in [6, 6.07) is 1.37. The third-order valence-electron chi connectivity index (χ3n) is 2.32. The molecule has 1 aromatic rings. The second-order valence-electron chi connectivity index (χ2n) is 3.68. The zero-order valence-electron chi connectivity index (χ0n) is 10.1. The van der Waals surface area contributed by atoms with Crippen LogP contribution in [0.5, 0.6) is 0 Å². The maximum atomic E-state index is 11.9. The van der Waals surface area contributed by atoms with Crippen molar-refractivity contribution in [3.63, 3.8) is 0 Å². The molecule has 96 valence electrons. The first-order chi connectivity index (χ1) is 8.20. The summed E-state index contributed by atoms with van der Waals surface area (Å²) >= 11 is 0. The molecule has 0 aliphatic rings. The van der Waals surface area contributed by atoms with Crippen molar-refractivity contribution in [3.05, 3.63) is 33.1 Å². The van der Waals surface area contributed by atoms with E-state index in [2.05, 4.69) is 0 Å². The predicted molar refractivity (Wildman–Crippen MR) is 65.1 cm³/mol. The van der Waals surface area contributed by atoms with Gasteiger partial charge in [-0.2, -0.15) is 0 Å². The molecular formula is C11H19N3O3. The number of hydrogen-bond acceptors (Lipinski definition) is 4. The summed E-state index contributed by atoms with van der Waals surface area (Å²) in [6.45, 7) is 4.13. The fourth-order valence-electron chi connectivity index (χ4n) is 1.47. The fourth-order valence-corrected chi connectivity index (χ4v) is 1.47. The lowest BCUT2D eigenvalue weighted by Gasteiger charge is -2.09. The second-order valence-corrected chi connectivity index (χ2v) is 3.68. The summed E-state index contributed by atoms with van der Waals surface area (Å²) in [5.41, 5.74) is 4.71. The number of ether oxygens (including phenoxy) is 1. The highest BCUT2D eigenvalue weighted by atomic mass is 16.5. The van der Waals surface area contributed by atoms with Crippen LogP contribution in [-0.2, 0) is 17.8 Å². The van der Waals surface area contributed by atoms with Gasteiger partial charge >= 0.3 is 5.69 Å². The molecule has 2 N–H and O–H groups in total.